The fourth-order valence-electron chi connectivity index (χ4n) is 4.98. The summed E-state index contributed by atoms with van der Waals surface area (Å²) in [5.74, 6) is 0. The van der Waals surface area contributed by atoms with Crippen molar-refractivity contribution in [3.63, 3.8) is 0 Å². The molecule has 0 atom stereocenters. The first-order valence-corrected chi connectivity index (χ1v) is 15.6. The van der Waals surface area contributed by atoms with Crippen LogP contribution < -0.4 is 20.7 Å². The predicted octanol–water partition coefficient (Wildman–Crippen LogP) is 4.10. The Kier molecular flexibility index (Phi) is 6.96. The van der Waals surface area contributed by atoms with E-state index in [2.05, 4.69) is 87.3 Å². The Morgan fingerprint density at radius 1 is 0.457 bits per heavy atom. The molecule has 0 amide bonds. The number of aryl methyl sites for hydroxylation is 4. The summed E-state index contributed by atoms with van der Waals surface area (Å²) in [4.78, 5) is 0. The van der Waals surface area contributed by atoms with Crippen LogP contribution in [-0.2, 0) is 4.12 Å². The molecule has 4 aromatic carbocycles. The largest absolute Gasteiger partial charge is 0.424 e. The predicted molar refractivity (Wildman–Crippen MR) is 154 cm³/mol. The van der Waals surface area contributed by atoms with Gasteiger partial charge in [-0.2, -0.15) is 0 Å². The molecule has 4 aromatic rings. The summed E-state index contributed by atoms with van der Waals surface area (Å²) in [6.07, 6.45) is 13.1. The zero-order valence-electron chi connectivity index (χ0n) is 20.8. The van der Waals surface area contributed by atoms with Gasteiger partial charge in [-0.05, 0) is 70.7 Å². The van der Waals surface area contributed by atoms with Crippen LogP contribution in [0.25, 0.3) is 0 Å². The van der Waals surface area contributed by atoms with Gasteiger partial charge in [0.05, 0.1) is 0 Å². The fourth-order valence-corrected chi connectivity index (χ4v) is 14.1. The molecule has 0 saturated heterocycles. The highest BCUT2D eigenvalue weighted by atomic mass is 28.4. The van der Waals surface area contributed by atoms with Crippen LogP contribution in [0.5, 0.6) is 0 Å². The van der Waals surface area contributed by atoms with E-state index in [1.165, 1.54) is 0 Å². The molecule has 0 spiro atoms. The molecular weight excluding hydrogens is 457 g/mol. The molecular formula is C32H30OSi2. The van der Waals surface area contributed by atoms with Crippen LogP contribution in [0, 0.1) is 51.6 Å². The van der Waals surface area contributed by atoms with E-state index < -0.39 is 16.6 Å². The molecule has 4 rings (SSSR count). The summed E-state index contributed by atoms with van der Waals surface area (Å²) in [7, 11) is -6.46. The SMILES string of the molecule is C#C[Si](O[Si](C#C)(c1ccccc1C)c1ccccc1C)(c1ccccc1C)c1ccccc1C. The van der Waals surface area contributed by atoms with Gasteiger partial charge >= 0.3 is 16.6 Å². The van der Waals surface area contributed by atoms with Gasteiger partial charge in [0.25, 0.3) is 0 Å². The summed E-state index contributed by atoms with van der Waals surface area (Å²) in [6.45, 7) is 8.43. The van der Waals surface area contributed by atoms with Gasteiger partial charge in [-0.1, -0.05) is 108 Å². The second-order valence-corrected chi connectivity index (χ2v) is 15.3. The first-order valence-electron chi connectivity index (χ1n) is 11.8. The third kappa shape index (κ3) is 4.20. The molecule has 0 saturated carbocycles. The summed E-state index contributed by atoms with van der Waals surface area (Å²) in [6, 6.07) is 33.3. The van der Waals surface area contributed by atoms with Crippen molar-refractivity contribution in [3.8, 4) is 23.9 Å². The van der Waals surface area contributed by atoms with Crippen molar-refractivity contribution < 1.29 is 4.12 Å². The molecule has 0 bridgehead atoms. The first-order chi connectivity index (χ1) is 16.9. The molecule has 0 aliphatic rings. The Balaban J connectivity index is 2.13. The second kappa shape index (κ2) is 9.94. The number of hydrogen-bond acceptors (Lipinski definition) is 1. The first kappa shape index (κ1) is 24.5. The van der Waals surface area contributed by atoms with E-state index in [0.717, 1.165) is 43.0 Å². The standard InChI is InChI=1S/C32H30OSi2/c1-7-34(29-21-13-9-17-25(29)3,30-22-14-10-18-26(30)4)33-35(8-2,31-23-15-11-19-27(31)5)32-24-16-12-20-28(32)6/h1-2,9-24H,3-6H3. The van der Waals surface area contributed by atoms with E-state index in [1.807, 2.05) is 48.5 Å². The number of hydrogen-bond donors (Lipinski definition) is 0. The number of terminal acetylenes is 2. The molecule has 35 heavy (non-hydrogen) atoms. The Hall–Kier alpha value is -3.61. The summed E-state index contributed by atoms with van der Waals surface area (Å²) in [5.41, 5.74) is 11.0. The maximum absolute atomic E-state index is 7.60. The van der Waals surface area contributed by atoms with E-state index in [1.54, 1.807) is 0 Å². The number of benzene rings is 4. The lowest BCUT2D eigenvalue weighted by molar-refractivity contribution is 0.602. The lowest BCUT2D eigenvalue weighted by atomic mass is 10.2. The van der Waals surface area contributed by atoms with Crippen LogP contribution in [0.2, 0.25) is 0 Å². The quantitative estimate of drug-likeness (QED) is 0.295. The molecule has 172 valence electrons. The Morgan fingerprint density at radius 3 is 0.886 bits per heavy atom. The zero-order chi connectivity index (χ0) is 25.1. The topological polar surface area (TPSA) is 9.23 Å². The molecule has 0 radical (unpaired) electrons. The molecule has 1 nitrogen and oxygen atoms in total. The minimum atomic E-state index is -3.23. The number of rotatable bonds is 6. The van der Waals surface area contributed by atoms with E-state index in [4.69, 9.17) is 17.0 Å². The molecule has 3 heteroatoms. The highest BCUT2D eigenvalue weighted by molar-refractivity contribution is 7.15. The van der Waals surface area contributed by atoms with Gasteiger partial charge in [0, 0.05) is 0 Å². The highest BCUT2D eigenvalue weighted by Gasteiger charge is 2.51. The maximum Gasteiger partial charge on any atom is 0.328 e. The average molecular weight is 487 g/mol. The van der Waals surface area contributed by atoms with Crippen LogP contribution in [0.1, 0.15) is 22.3 Å². The summed E-state index contributed by atoms with van der Waals surface area (Å²) in [5, 5.41) is 4.30. The molecule has 0 aliphatic heterocycles. The van der Waals surface area contributed by atoms with Crippen LogP contribution in [0.15, 0.2) is 97.1 Å². The third-order valence-electron chi connectivity index (χ3n) is 6.81. The lowest BCUT2D eigenvalue weighted by Crippen LogP contribution is -2.73. The van der Waals surface area contributed by atoms with Crippen LogP contribution in [0.3, 0.4) is 0 Å². The van der Waals surface area contributed by atoms with Gasteiger partial charge in [0.15, 0.2) is 0 Å². The van der Waals surface area contributed by atoms with Crippen molar-refractivity contribution in [3.05, 3.63) is 119 Å². The Labute approximate surface area is 212 Å². The van der Waals surface area contributed by atoms with Gasteiger partial charge in [0.1, 0.15) is 0 Å². The van der Waals surface area contributed by atoms with E-state index in [9.17, 15) is 0 Å². The average Bonchev–Trinajstić information content (AvgIpc) is 2.87. The van der Waals surface area contributed by atoms with Gasteiger partial charge in [0.2, 0.25) is 0 Å². The van der Waals surface area contributed by atoms with E-state index in [-0.39, 0.29) is 0 Å². The molecule has 0 heterocycles. The molecule has 0 aliphatic carbocycles. The maximum atomic E-state index is 7.60. The highest BCUT2D eigenvalue weighted by Crippen LogP contribution is 2.21. The van der Waals surface area contributed by atoms with Gasteiger partial charge in [-0.25, -0.2) is 0 Å². The van der Waals surface area contributed by atoms with Crippen LogP contribution >= 0.6 is 0 Å². The van der Waals surface area contributed by atoms with Crippen molar-refractivity contribution in [1.82, 2.24) is 0 Å². The second-order valence-electron chi connectivity index (χ2n) is 9.01. The van der Waals surface area contributed by atoms with Gasteiger partial charge < -0.3 is 4.12 Å². The molecule has 0 aromatic heterocycles. The summed E-state index contributed by atoms with van der Waals surface area (Å²) >= 11 is 0. The minimum Gasteiger partial charge on any atom is -0.424 e. The normalized spacial score (nSPS) is 11.5. The molecule has 0 unspecified atom stereocenters. The Bertz CT molecular complexity index is 1250. The summed E-state index contributed by atoms with van der Waals surface area (Å²) < 4.78 is 7.60. The molecule has 0 N–H and O–H groups in total. The molecule has 0 fully saturated rings. The van der Waals surface area contributed by atoms with Crippen molar-refractivity contribution in [2.24, 2.45) is 0 Å². The van der Waals surface area contributed by atoms with E-state index >= 15 is 0 Å². The monoisotopic (exact) mass is 486 g/mol. The third-order valence-corrected chi connectivity index (χ3v) is 15.4. The van der Waals surface area contributed by atoms with Crippen molar-refractivity contribution in [2.75, 3.05) is 0 Å². The Morgan fingerprint density at radius 2 is 0.686 bits per heavy atom. The zero-order valence-corrected chi connectivity index (χ0v) is 22.8. The smallest absolute Gasteiger partial charge is 0.328 e. The fraction of sp³-hybridized carbons (Fsp3) is 0.125. The van der Waals surface area contributed by atoms with Crippen molar-refractivity contribution in [1.29, 1.82) is 0 Å². The van der Waals surface area contributed by atoms with Crippen LogP contribution in [0.4, 0.5) is 0 Å². The van der Waals surface area contributed by atoms with Crippen LogP contribution in [-0.4, -0.2) is 16.6 Å². The van der Waals surface area contributed by atoms with Gasteiger partial charge in [-0.15, -0.1) is 12.8 Å². The van der Waals surface area contributed by atoms with E-state index in [0.29, 0.717) is 0 Å². The van der Waals surface area contributed by atoms with Gasteiger partial charge in [-0.3, -0.25) is 0 Å². The lowest BCUT2D eigenvalue weighted by Gasteiger charge is -2.39. The van der Waals surface area contributed by atoms with Crippen molar-refractivity contribution in [2.45, 2.75) is 27.7 Å². The minimum absolute atomic E-state index is 1.08. The van der Waals surface area contributed by atoms with Crippen molar-refractivity contribution >= 4 is 37.4 Å².